The molecule has 0 radical (unpaired) electrons. The van der Waals surface area contributed by atoms with Gasteiger partial charge in [-0.25, -0.2) is 0 Å². The summed E-state index contributed by atoms with van der Waals surface area (Å²) in [4.78, 5) is 37.7. The molecule has 2 rings (SSSR count). The Kier molecular flexibility index (Phi) is 15.1. The summed E-state index contributed by atoms with van der Waals surface area (Å²) in [7, 11) is 0. The van der Waals surface area contributed by atoms with E-state index >= 15 is 0 Å². The Morgan fingerprint density at radius 1 is 0.800 bits per heavy atom. The summed E-state index contributed by atoms with van der Waals surface area (Å²) in [5, 5.41) is 46.2. The topological polar surface area (TPSA) is 176 Å². The molecule has 0 aliphatic heterocycles. The van der Waals surface area contributed by atoms with E-state index in [4.69, 9.17) is 28.8 Å². The fourth-order valence-corrected chi connectivity index (χ4v) is 6.23. The molecule has 199 valence electrons. The number of aliphatic hydroxyl groups excluding tert-OH is 1. The normalized spacial score (nSPS) is 29.1. The molecule has 0 spiro atoms. The number of carbonyl (C=O) groups is 3. The van der Waals surface area contributed by atoms with Crippen molar-refractivity contribution < 1.29 is 62.3 Å². The van der Waals surface area contributed by atoms with E-state index in [-0.39, 0.29) is 41.6 Å². The van der Waals surface area contributed by atoms with Gasteiger partial charge in [0.05, 0.1) is 19.0 Å². The molecule has 0 aromatic rings. The minimum absolute atomic E-state index is 0.184. The van der Waals surface area contributed by atoms with E-state index in [1.54, 1.807) is 9.80 Å². The van der Waals surface area contributed by atoms with Crippen molar-refractivity contribution in [1.82, 2.24) is 9.80 Å². The van der Waals surface area contributed by atoms with Crippen LogP contribution in [0.4, 0.5) is 0 Å². The van der Waals surface area contributed by atoms with Crippen molar-refractivity contribution in [2.24, 2.45) is 11.8 Å². The average Bonchev–Trinajstić information content (AvgIpc) is 2.78. The second-order valence-corrected chi connectivity index (χ2v) is 10.3. The Morgan fingerprint density at radius 2 is 1.26 bits per heavy atom. The molecule has 14 heteroatoms. The van der Waals surface area contributed by atoms with Crippen molar-refractivity contribution >= 4 is 43.2 Å². The number of carboxylic acid groups (broad SMARTS) is 3. The molecule has 6 unspecified atom stereocenters. The van der Waals surface area contributed by atoms with Gasteiger partial charge in [-0.15, -0.1) is 10.5 Å². The van der Waals surface area contributed by atoms with E-state index < -0.39 is 30.1 Å². The first-order valence-electron chi connectivity index (χ1n) is 11.5. The minimum atomic E-state index is -1.43. The van der Waals surface area contributed by atoms with Crippen LogP contribution in [0.1, 0.15) is 44.9 Å². The zero-order valence-corrected chi connectivity index (χ0v) is 22.8. The first kappa shape index (κ1) is 32.4. The predicted molar refractivity (Wildman–Crippen MR) is 124 cm³/mol. The standard InChI is InChI=1S/C21H36N2O8S2.O.Tc/c24-18(25)10-22(14-4-2-12(20(28)29)8-16(14)32)6-1-7-23(11-19(26)27)15-5-3-13(21(30)31)9-17(15)33;;/h12-17,20,28-29,32-33H,1-11H2,(H,24,25)(H,26,27)(H,30,31);;/q;;+4/p-2. The molecule has 2 fully saturated rings. The van der Waals surface area contributed by atoms with E-state index in [1.165, 1.54) is 0 Å². The third-order valence-corrected chi connectivity index (χ3v) is 7.84. The Balaban J connectivity index is 0.00000298. The van der Waals surface area contributed by atoms with E-state index in [1.807, 2.05) is 0 Å². The molecular weight excluding hydrogens is 586 g/mol. The Labute approximate surface area is 226 Å². The number of hydrogen-bond donors (Lipinski definition) is 5. The number of aliphatic carboxylic acids is 3. The van der Waals surface area contributed by atoms with Crippen LogP contribution >= 0.6 is 0 Å². The van der Waals surface area contributed by atoms with Gasteiger partial charge in [0.25, 0.3) is 0 Å². The Morgan fingerprint density at radius 3 is 1.63 bits per heavy atom. The van der Waals surface area contributed by atoms with Crippen molar-refractivity contribution in [3.8, 4) is 0 Å². The molecule has 6 atom stereocenters. The number of hydrogen-bond acceptors (Lipinski definition) is 10. The fourth-order valence-electron chi connectivity index (χ4n) is 5.14. The molecule has 2 saturated carbocycles. The van der Waals surface area contributed by atoms with Gasteiger partial charge in [-0.05, 0) is 44.2 Å². The van der Waals surface area contributed by atoms with Crippen LogP contribution in [0, 0.1) is 11.8 Å². The second-order valence-electron chi connectivity index (χ2n) is 9.13. The summed E-state index contributed by atoms with van der Waals surface area (Å²) < 4.78 is 8.22. The second kappa shape index (κ2) is 16.3. The Hall–Kier alpha value is -0.601. The van der Waals surface area contributed by atoms with Gasteiger partial charge < -0.3 is 50.8 Å². The van der Waals surface area contributed by atoms with Crippen molar-refractivity contribution in [3.63, 3.8) is 0 Å². The number of rotatable bonds is 12. The summed E-state index contributed by atoms with van der Waals surface area (Å²) in [6.45, 7) is 0.387. The monoisotopic (exact) mass is 619 g/mol. The van der Waals surface area contributed by atoms with Crippen LogP contribution in [0.2, 0.25) is 0 Å². The molecule has 35 heavy (non-hydrogen) atoms. The fraction of sp³-hybridized carbons (Fsp3) is 0.857. The summed E-state index contributed by atoms with van der Waals surface area (Å²) in [5.74, 6) is -3.67. The van der Waals surface area contributed by atoms with Crippen LogP contribution in [-0.2, 0) is 62.0 Å². The first-order valence-corrected chi connectivity index (χ1v) is 13.2. The number of aliphatic hydroxyl groups is 2. The summed E-state index contributed by atoms with van der Waals surface area (Å²) >= 11 is 11.9. The number of nitrogens with zero attached hydrogens (tertiary/aromatic N) is 2. The predicted octanol–water partition coefficient (Wildman–Crippen LogP) is -0.408. The van der Waals surface area contributed by atoms with Gasteiger partial charge in [0.2, 0.25) is 0 Å². The summed E-state index contributed by atoms with van der Waals surface area (Å²) in [6, 6.07) is -0.399. The molecule has 5 N–H and O–H groups in total. The third-order valence-electron chi connectivity index (χ3n) is 6.83. The quantitative estimate of drug-likeness (QED) is 0.141. The van der Waals surface area contributed by atoms with Gasteiger partial charge in [0.15, 0.2) is 6.29 Å². The van der Waals surface area contributed by atoms with Crippen LogP contribution in [0.5, 0.6) is 0 Å². The van der Waals surface area contributed by atoms with E-state index in [9.17, 15) is 39.9 Å². The molecule has 0 amide bonds. The van der Waals surface area contributed by atoms with E-state index in [0.29, 0.717) is 58.0 Å². The molecule has 2 aliphatic rings. The SMILES string of the molecule is O=C(O)CN(CCCN(CC(=O)O)C1CCC(C(O)O)CC1[S-])C1CCC(C(=O)O)CC1[S-].[O]=[Tc+4]. The summed E-state index contributed by atoms with van der Waals surface area (Å²) in [5.41, 5.74) is 0. The van der Waals surface area contributed by atoms with Crippen LogP contribution in [0.25, 0.3) is 0 Å². The van der Waals surface area contributed by atoms with Gasteiger partial charge in [0.1, 0.15) is 0 Å². The third kappa shape index (κ3) is 10.7. The summed E-state index contributed by atoms with van der Waals surface area (Å²) in [6.07, 6.45) is 1.89. The van der Waals surface area contributed by atoms with Crippen LogP contribution in [-0.4, -0.2) is 108 Å². The van der Waals surface area contributed by atoms with Crippen molar-refractivity contribution in [1.29, 1.82) is 0 Å². The van der Waals surface area contributed by atoms with Gasteiger partial charge in [-0.1, -0.05) is 12.8 Å². The zero-order valence-electron chi connectivity index (χ0n) is 19.3. The van der Waals surface area contributed by atoms with Crippen LogP contribution in [0.3, 0.4) is 0 Å². The van der Waals surface area contributed by atoms with Gasteiger partial charge >= 0.3 is 40.3 Å². The van der Waals surface area contributed by atoms with Crippen LogP contribution in [0.15, 0.2) is 0 Å². The van der Waals surface area contributed by atoms with Crippen molar-refractivity contribution in [2.45, 2.75) is 73.8 Å². The molecular formula is C21H34N2O9S2Tc+2. The molecule has 11 nitrogen and oxygen atoms in total. The molecule has 0 heterocycles. The molecule has 2 aliphatic carbocycles. The molecule has 0 bridgehead atoms. The van der Waals surface area contributed by atoms with Crippen molar-refractivity contribution in [2.75, 3.05) is 26.2 Å². The maximum absolute atomic E-state index is 11.4. The Bertz CT molecular complexity index is 706. The van der Waals surface area contributed by atoms with E-state index in [0.717, 1.165) is 18.9 Å². The van der Waals surface area contributed by atoms with Gasteiger partial charge in [-0.2, -0.15) is 0 Å². The zero-order chi connectivity index (χ0) is 26.7. The molecule has 0 aromatic heterocycles. The van der Waals surface area contributed by atoms with Gasteiger partial charge in [0, 0.05) is 19.0 Å². The van der Waals surface area contributed by atoms with Crippen molar-refractivity contribution in [3.05, 3.63) is 0 Å². The molecule has 0 saturated heterocycles. The first-order chi connectivity index (χ1) is 16.5. The average molecular weight is 621 g/mol. The number of carboxylic acids is 3. The van der Waals surface area contributed by atoms with E-state index in [2.05, 4.69) is 0 Å². The van der Waals surface area contributed by atoms with Gasteiger partial charge in [-0.3, -0.25) is 24.2 Å². The molecule has 0 aromatic carbocycles. The maximum atomic E-state index is 11.4. The van der Waals surface area contributed by atoms with Crippen LogP contribution < -0.4 is 0 Å².